The Morgan fingerprint density at radius 2 is 2.00 bits per heavy atom. The molecule has 0 saturated carbocycles. The van der Waals surface area contributed by atoms with Gasteiger partial charge in [-0.05, 0) is 24.3 Å². The molecule has 0 unspecified atom stereocenters. The Labute approximate surface area is 206 Å². The molecular weight excluding hydrogens is 470 g/mol. The number of nitrogens with two attached hydrogens (primary N) is 2. The van der Waals surface area contributed by atoms with Crippen LogP contribution in [0.15, 0.2) is 64.3 Å². The number of quaternary nitrogens is 1. The van der Waals surface area contributed by atoms with Crippen LogP contribution in [0.3, 0.4) is 0 Å². The number of halogens is 2. The minimum Gasteiger partial charge on any atom is -0.383 e. The first-order chi connectivity index (χ1) is 16.9. The van der Waals surface area contributed by atoms with Crippen LogP contribution in [0.2, 0.25) is 0 Å². The van der Waals surface area contributed by atoms with Gasteiger partial charge >= 0.3 is 5.96 Å². The standard InChI is InChI=1S/C24H24F2N8S/c25-18-4-5-20(19(26)13-18)34-8-6-33(7-9-34)10-11-35-22-14-21(31-24(29)32-22)30-23(28)17-3-1-2-16(12-17)15-27/h1-5,12-14H,6-11H2,(H4,28,29,30,31,32)/p+1. The largest absolute Gasteiger partial charge is 0.383 e. The Kier molecular flexibility index (Phi) is 7.87. The average Bonchev–Trinajstić information content (AvgIpc) is 2.84. The van der Waals surface area contributed by atoms with Crippen LogP contribution in [0.25, 0.3) is 0 Å². The predicted molar refractivity (Wildman–Crippen MR) is 135 cm³/mol. The van der Waals surface area contributed by atoms with E-state index < -0.39 is 11.6 Å². The molecule has 8 nitrogen and oxygen atoms in total. The summed E-state index contributed by atoms with van der Waals surface area (Å²) in [7, 11) is 0. The SMILES string of the molecule is N#Cc1cccc(/C(N)=N/C2=CC(SCCN3CCN(c4ccc(F)cc4F)CC3)=NC(=N)[NH2+]2)c1. The first-order valence-corrected chi connectivity index (χ1v) is 12.0. The molecular formula is C24H25F2N8S+. The van der Waals surface area contributed by atoms with E-state index in [0.29, 0.717) is 40.8 Å². The number of hydrogen-bond acceptors (Lipinski definition) is 6. The number of piperazine rings is 1. The first kappa shape index (κ1) is 24.5. The van der Waals surface area contributed by atoms with Crippen molar-refractivity contribution in [2.24, 2.45) is 15.7 Å². The molecule has 0 aromatic heterocycles. The summed E-state index contributed by atoms with van der Waals surface area (Å²) in [4.78, 5) is 12.9. The van der Waals surface area contributed by atoms with Crippen LogP contribution in [0, 0.1) is 28.4 Å². The molecule has 0 spiro atoms. The topological polar surface area (TPSA) is 121 Å². The molecule has 2 heterocycles. The van der Waals surface area contributed by atoms with E-state index in [-0.39, 0.29) is 11.8 Å². The van der Waals surface area contributed by atoms with E-state index in [2.05, 4.69) is 21.0 Å². The minimum atomic E-state index is -0.572. The van der Waals surface area contributed by atoms with E-state index in [1.807, 2.05) is 4.90 Å². The van der Waals surface area contributed by atoms with Crippen molar-refractivity contribution in [3.63, 3.8) is 0 Å². The van der Waals surface area contributed by atoms with E-state index >= 15 is 0 Å². The fourth-order valence-corrected chi connectivity index (χ4v) is 4.74. The highest BCUT2D eigenvalue weighted by molar-refractivity contribution is 8.14. The zero-order valence-corrected chi connectivity index (χ0v) is 19.7. The summed E-state index contributed by atoms with van der Waals surface area (Å²) in [6, 6.07) is 12.7. The molecule has 11 heteroatoms. The van der Waals surface area contributed by atoms with E-state index in [9.17, 15) is 8.78 Å². The summed E-state index contributed by atoms with van der Waals surface area (Å²) in [5.74, 6) is 0.553. The van der Waals surface area contributed by atoms with Crippen molar-refractivity contribution in [2.45, 2.75) is 0 Å². The van der Waals surface area contributed by atoms with Gasteiger partial charge in [0.2, 0.25) is 5.82 Å². The van der Waals surface area contributed by atoms with Crippen LogP contribution in [0.1, 0.15) is 11.1 Å². The van der Waals surface area contributed by atoms with E-state index in [1.165, 1.54) is 23.9 Å². The van der Waals surface area contributed by atoms with Gasteiger partial charge in [0.05, 0.1) is 23.4 Å². The van der Waals surface area contributed by atoms with E-state index in [0.717, 1.165) is 31.5 Å². The normalized spacial score (nSPS) is 17.1. The molecule has 1 fully saturated rings. The monoisotopic (exact) mass is 495 g/mol. The van der Waals surface area contributed by atoms with Gasteiger partial charge in [0.1, 0.15) is 22.5 Å². The molecule has 0 radical (unpaired) electrons. The van der Waals surface area contributed by atoms with Crippen LogP contribution in [0.4, 0.5) is 14.5 Å². The summed E-state index contributed by atoms with van der Waals surface area (Å²) in [5, 5.41) is 19.3. The smallest absolute Gasteiger partial charge is 0.325 e. The molecule has 35 heavy (non-hydrogen) atoms. The maximum absolute atomic E-state index is 14.0. The van der Waals surface area contributed by atoms with Gasteiger partial charge in [-0.1, -0.05) is 12.1 Å². The Balaban J connectivity index is 1.29. The number of hydrogen-bond donors (Lipinski definition) is 3. The molecule has 0 atom stereocenters. The molecule has 180 valence electrons. The molecule has 2 aromatic carbocycles. The molecule has 2 aliphatic rings. The molecule has 0 aliphatic carbocycles. The predicted octanol–water partition coefficient (Wildman–Crippen LogP) is 1.85. The number of aliphatic imine (C=N–C) groups is 2. The minimum absolute atomic E-state index is 0.0993. The van der Waals surface area contributed by atoms with Crippen molar-refractivity contribution in [2.75, 3.05) is 43.4 Å². The molecule has 1 saturated heterocycles. The molecule has 4 rings (SSSR count). The van der Waals surface area contributed by atoms with Crippen molar-refractivity contribution in [1.29, 1.82) is 10.7 Å². The van der Waals surface area contributed by atoms with Crippen molar-refractivity contribution in [3.8, 4) is 6.07 Å². The number of thioether (sulfide) groups is 1. The maximum atomic E-state index is 14.0. The van der Waals surface area contributed by atoms with Crippen molar-refractivity contribution in [1.82, 2.24) is 4.90 Å². The highest BCUT2D eigenvalue weighted by atomic mass is 32.2. The van der Waals surface area contributed by atoms with Gasteiger partial charge in [0.15, 0.2) is 0 Å². The van der Waals surface area contributed by atoms with Crippen LogP contribution in [-0.2, 0) is 0 Å². The van der Waals surface area contributed by atoms with Crippen LogP contribution < -0.4 is 16.0 Å². The van der Waals surface area contributed by atoms with Gasteiger partial charge < -0.3 is 10.6 Å². The first-order valence-electron chi connectivity index (χ1n) is 11.0. The van der Waals surface area contributed by atoms with E-state index in [4.69, 9.17) is 16.4 Å². The summed E-state index contributed by atoms with van der Waals surface area (Å²) >= 11 is 1.53. The lowest BCUT2D eigenvalue weighted by atomic mass is 10.1. The molecule has 2 aliphatic heterocycles. The Bertz CT molecular complexity index is 1240. The highest BCUT2D eigenvalue weighted by Crippen LogP contribution is 2.22. The van der Waals surface area contributed by atoms with Gasteiger partial charge in [-0.3, -0.25) is 4.90 Å². The van der Waals surface area contributed by atoms with Crippen LogP contribution >= 0.6 is 11.8 Å². The van der Waals surface area contributed by atoms with Crippen molar-refractivity contribution >= 4 is 34.3 Å². The summed E-state index contributed by atoms with van der Waals surface area (Å²) in [5.41, 5.74) is 7.69. The Morgan fingerprint density at radius 1 is 1.20 bits per heavy atom. The lowest BCUT2D eigenvalue weighted by Gasteiger charge is -2.36. The molecule has 0 bridgehead atoms. The van der Waals surface area contributed by atoms with Gasteiger partial charge in [0.25, 0.3) is 0 Å². The Morgan fingerprint density at radius 3 is 2.74 bits per heavy atom. The van der Waals surface area contributed by atoms with E-state index in [1.54, 1.807) is 35.7 Å². The number of guanidine groups is 1. The molecule has 2 aromatic rings. The fourth-order valence-electron chi connectivity index (χ4n) is 3.81. The lowest BCUT2D eigenvalue weighted by Crippen LogP contribution is -2.86. The number of benzene rings is 2. The lowest BCUT2D eigenvalue weighted by molar-refractivity contribution is -0.488. The number of nitriles is 1. The quantitative estimate of drug-likeness (QED) is 0.417. The second kappa shape index (κ2) is 11.2. The third-order valence-corrected chi connectivity index (χ3v) is 6.50. The third-order valence-electron chi connectivity index (χ3n) is 5.60. The van der Waals surface area contributed by atoms with Gasteiger partial charge in [-0.15, -0.1) is 11.8 Å². The highest BCUT2D eigenvalue weighted by Gasteiger charge is 2.21. The number of amidine groups is 1. The fraction of sp³-hybridized carbons (Fsp3) is 0.250. The van der Waals surface area contributed by atoms with Gasteiger partial charge in [0, 0.05) is 50.1 Å². The average molecular weight is 496 g/mol. The van der Waals surface area contributed by atoms with Gasteiger partial charge in [-0.25, -0.2) is 19.5 Å². The third kappa shape index (κ3) is 6.51. The zero-order chi connectivity index (χ0) is 24.8. The summed E-state index contributed by atoms with van der Waals surface area (Å²) in [6.45, 7) is 3.70. The van der Waals surface area contributed by atoms with Crippen LogP contribution in [-0.4, -0.2) is 60.2 Å². The second-order valence-corrected chi connectivity index (χ2v) is 9.13. The van der Waals surface area contributed by atoms with Crippen molar-refractivity contribution in [3.05, 3.63) is 77.1 Å². The van der Waals surface area contributed by atoms with Crippen molar-refractivity contribution < 1.29 is 14.1 Å². The summed E-state index contributed by atoms with van der Waals surface area (Å²) < 4.78 is 27.2. The molecule has 5 N–H and O–H groups in total. The summed E-state index contributed by atoms with van der Waals surface area (Å²) in [6.07, 6.45) is 1.79. The van der Waals surface area contributed by atoms with Gasteiger partial charge in [-0.2, -0.15) is 15.2 Å². The Hall–Kier alpha value is -3.59. The number of rotatable bonds is 6. The number of anilines is 1. The maximum Gasteiger partial charge on any atom is 0.325 e. The van der Waals surface area contributed by atoms with Crippen LogP contribution in [0.5, 0.6) is 0 Å². The number of nitrogens with one attached hydrogen (secondary N) is 1. The second-order valence-electron chi connectivity index (χ2n) is 8.01. The zero-order valence-electron chi connectivity index (χ0n) is 18.9. The molecule has 0 amide bonds. The number of nitrogens with zero attached hydrogens (tertiary/aromatic N) is 5.